The van der Waals surface area contributed by atoms with Gasteiger partial charge >= 0.3 is 0 Å². The molecule has 0 amide bonds. The van der Waals surface area contributed by atoms with Crippen LogP contribution in [0.1, 0.15) is 12.1 Å². The molecule has 2 N–H and O–H groups in total. The van der Waals surface area contributed by atoms with Crippen molar-refractivity contribution in [2.45, 2.75) is 19.6 Å². The Morgan fingerprint density at radius 1 is 1.69 bits per heavy atom. The molecule has 0 spiro atoms. The van der Waals surface area contributed by atoms with E-state index in [1.54, 1.807) is 6.20 Å². The van der Waals surface area contributed by atoms with Gasteiger partial charge in [0.25, 0.3) is 0 Å². The van der Waals surface area contributed by atoms with Gasteiger partial charge < -0.3 is 10.4 Å². The average Bonchev–Trinajstić information content (AvgIpc) is 2.76. The van der Waals surface area contributed by atoms with Crippen LogP contribution in [0, 0.1) is 5.92 Å². The Bertz CT molecular complexity index is 267. The van der Waals surface area contributed by atoms with Crippen LogP contribution < -0.4 is 5.32 Å². The van der Waals surface area contributed by atoms with Gasteiger partial charge in [0.15, 0.2) is 0 Å². The molecule has 1 aromatic rings. The zero-order valence-corrected chi connectivity index (χ0v) is 7.48. The minimum Gasteiger partial charge on any atom is -0.390 e. The van der Waals surface area contributed by atoms with Crippen molar-refractivity contribution in [2.24, 2.45) is 5.92 Å². The van der Waals surface area contributed by atoms with Crippen molar-refractivity contribution in [3.63, 3.8) is 0 Å². The second-order valence-corrected chi connectivity index (χ2v) is 3.45. The maximum atomic E-state index is 8.78. The van der Waals surface area contributed by atoms with Crippen LogP contribution in [-0.4, -0.2) is 33.2 Å². The molecule has 1 unspecified atom stereocenters. The topological polar surface area (TPSA) is 63.0 Å². The second kappa shape index (κ2) is 3.85. The molecule has 1 fully saturated rings. The zero-order chi connectivity index (χ0) is 9.10. The van der Waals surface area contributed by atoms with E-state index in [1.807, 2.05) is 4.68 Å². The minimum absolute atomic E-state index is 0.0249. The van der Waals surface area contributed by atoms with Gasteiger partial charge in [-0.1, -0.05) is 5.21 Å². The van der Waals surface area contributed by atoms with E-state index in [9.17, 15) is 0 Å². The van der Waals surface area contributed by atoms with E-state index in [-0.39, 0.29) is 6.61 Å². The summed E-state index contributed by atoms with van der Waals surface area (Å²) in [5, 5.41) is 19.8. The lowest BCUT2D eigenvalue weighted by Gasteiger charge is -2.06. The van der Waals surface area contributed by atoms with Gasteiger partial charge in [-0.3, -0.25) is 4.68 Å². The predicted molar refractivity (Wildman–Crippen MR) is 46.9 cm³/mol. The first-order chi connectivity index (χ1) is 6.38. The van der Waals surface area contributed by atoms with Crippen molar-refractivity contribution in [2.75, 3.05) is 13.1 Å². The highest BCUT2D eigenvalue weighted by molar-refractivity contribution is 4.89. The van der Waals surface area contributed by atoms with Crippen molar-refractivity contribution in [3.8, 4) is 0 Å². The largest absolute Gasteiger partial charge is 0.390 e. The number of aromatic nitrogens is 3. The number of hydrogen-bond donors (Lipinski definition) is 2. The van der Waals surface area contributed by atoms with Crippen LogP contribution in [0.2, 0.25) is 0 Å². The molecule has 0 aromatic carbocycles. The van der Waals surface area contributed by atoms with E-state index in [4.69, 9.17) is 5.11 Å². The summed E-state index contributed by atoms with van der Waals surface area (Å²) in [7, 11) is 0. The molecule has 1 atom stereocenters. The molecule has 0 radical (unpaired) electrons. The first-order valence-electron chi connectivity index (χ1n) is 4.59. The normalized spacial score (nSPS) is 22.4. The fourth-order valence-corrected chi connectivity index (χ4v) is 1.64. The first kappa shape index (κ1) is 8.65. The fraction of sp³-hybridized carbons (Fsp3) is 0.750. The number of aliphatic hydroxyl groups is 1. The van der Waals surface area contributed by atoms with Crippen LogP contribution >= 0.6 is 0 Å². The van der Waals surface area contributed by atoms with Crippen LogP contribution in [-0.2, 0) is 13.2 Å². The smallest absolute Gasteiger partial charge is 0.108 e. The Labute approximate surface area is 76.8 Å². The number of aliphatic hydroxyl groups excluding tert-OH is 1. The SMILES string of the molecule is OCc1cn(CC2CCNC2)nn1. The van der Waals surface area contributed by atoms with Crippen molar-refractivity contribution in [1.29, 1.82) is 0 Å². The summed E-state index contributed by atoms with van der Waals surface area (Å²) in [6.07, 6.45) is 3.01. The highest BCUT2D eigenvalue weighted by Gasteiger charge is 2.15. The van der Waals surface area contributed by atoms with Crippen molar-refractivity contribution in [3.05, 3.63) is 11.9 Å². The van der Waals surface area contributed by atoms with Crippen molar-refractivity contribution < 1.29 is 5.11 Å². The van der Waals surface area contributed by atoms with E-state index >= 15 is 0 Å². The Kier molecular flexibility index (Phi) is 2.56. The van der Waals surface area contributed by atoms with Gasteiger partial charge in [0.2, 0.25) is 0 Å². The first-order valence-corrected chi connectivity index (χ1v) is 4.59. The predicted octanol–water partition coefficient (Wildman–Crippen LogP) is -0.620. The third-order valence-corrected chi connectivity index (χ3v) is 2.36. The maximum Gasteiger partial charge on any atom is 0.108 e. The number of nitrogens with zero attached hydrogens (tertiary/aromatic N) is 3. The summed E-state index contributed by atoms with van der Waals surface area (Å²) >= 11 is 0. The van der Waals surface area contributed by atoms with Gasteiger partial charge in [0, 0.05) is 6.54 Å². The molecule has 1 aromatic heterocycles. The molecule has 1 aliphatic rings. The maximum absolute atomic E-state index is 8.78. The molecular formula is C8H14N4O. The molecule has 13 heavy (non-hydrogen) atoms. The standard InChI is InChI=1S/C8H14N4O/c13-6-8-5-12(11-10-8)4-7-1-2-9-3-7/h5,7,9,13H,1-4,6H2. The van der Waals surface area contributed by atoms with E-state index in [0.717, 1.165) is 19.6 Å². The molecule has 1 aliphatic heterocycles. The summed E-state index contributed by atoms with van der Waals surface area (Å²) in [6, 6.07) is 0. The Balaban J connectivity index is 1.92. The summed E-state index contributed by atoms with van der Waals surface area (Å²) in [5.74, 6) is 0.660. The molecule has 1 saturated heterocycles. The van der Waals surface area contributed by atoms with E-state index in [2.05, 4.69) is 15.6 Å². The Morgan fingerprint density at radius 2 is 2.62 bits per heavy atom. The van der Waals surface area contributed by atoms with Crippen molar-refractivity contribution in [1.82, 2.24) is 20.3 Å². The Hall–Kier alpha value is -0.940. The van der Waals surface area contributed by atoms with Gasteiger partial charge in [-0.2, -0.15) is 0 Å². The second-order valence-electron chi connectivity index (χ2n) is 3.45. The molecule has 2 heterocycles. The quantitative estimate of drug-likeness (QED) is 0.654. The molecule has 5 heteroatoms. The van der Waals surface area contributed by atoms with Gasteiger partial charge in [0.05, 0.1) is 12.8 Å². The molecule has 0 aliphatic carbocycles. The number of rotatable bonds is 3. The lowest BCUT2D eigenvalue weighted by Crippen LogP contribution is -2.14. The highest BCUT2D eigenvalue weighted by atomic mass is 16.3. The number of hydrogen-bond acceptors (Lipinski definition) is 4. The third kappa shape index (κ3) is 2.05. The molecule has 72 valence electrons. The van der Waals surface area contributed by atoms with Gasteiger partial charge in [-0.25, -0.2) is 0 Å². The number of nitrogens with one attached hydrogen (secondary N) is 1. The Morgan fingerprint density at radius 3 is 3.23 bits per heavy atom. The molecule has 2 rings (SSSR count). The van der Waals surface area contributed by atoms with E-state index in [0.29, 0.717) is 11.6 Å². The van der Waals surface area contributed by atoms with Crippen LogP contribution in [0.5, 0.6) is 0 Å². The summed E-state index contributed by atoms with van der Waals surface area (Å²) in [4.78, 5) is 0. The van der Waals surface area contributed by atoms with Gasteiger partial charge in [-0.15, -0.1) is 5.10 Å². The monoisotopic (exact) mass is 182 g/mol. The lowest BCUT2D eigenvalue weighted by atomic mass is 10.1. The fourth-order valence-electron chi connectivity index (χ4n) is 1.64. The summed E-state index contributed by atoms with van der Waals surface area (Å²) in [5.41, 5.74) is 0.644. The summed E-state index contributed by atoms with van der Waals surface area (Å²) < 4.78 is 1.81. The van der Waals surface area contributed by atoms with E-state index in [1.165, 1.54) is 6.42 Å². The summed E-state index contributed by atoms with van der Waals surface area (Å²) in [6.45, 7) is 3.05. The third-order valence-electron chi connectivity index (χ3n) is 2.36. The van der Waals surface area contributed by atoms with Crippen LogP contribution in [0.25, 0.3) is 0 Å². The highest BCUT2D eigenvalue weighted by Crippen LogP contribution is 2.09. The average molecular weight is 182 g/mol. The molecule has 5 nitrogen and oxygen atoms in total. The minimum atomic E-state index is -0.0249. The van der Waals surface area contributed by atoms with Crippen LogP contribution in [0.3, 0.4) is 0 Å². The lowest BCUT2D eigenvalue weighted by molar-refractivity contribution is 0.276. The van der Waals surface area contributed by atoms with Crippen molar-refractivity contribution >= 4 is 0 Å². The zero-order valence-electron chi connectivity index (χ0n) is 7.48. The van der Waals surface area contributed by atoms with E-state index < -0.39 is 0 Å². The van der Waals surface area contributed by atoms with Gasteiger partial charge in [0.1, 0.15) is 5.69 Å². The molecule has 0 bridgehead atoms. The van der Waals surface area contributed by atoms with Crippen LogP contribution in [0.4, 0.5) is 0 Å². The van der Waals surface area contributed by atoms with Crippen LogP contribution in [0.15, 0.2) is 6.20 Å². The molecule has 0 saturated carbocycles. The van der Waals surface area contributed by atoms with Gasteiger partial charge in [-0.05, 0) is 25.4 Å². The molecular weight excluding hydrogens is 168 g/mol.